The Hall–Kier alpha value is -3.39. The molecule has 5 rings (SSSR count). The highest BCUT2D eigenvalue weighted by atomic mass is 35.5. The number of halogens is 1. The summed E-state index contributed by atoms with van der Waals surface area (Å²) in [5.41, 5.74) is 1.96. The zero-order valence-electron chi connectivity index (χ0n) is 16.8. The Bertz CT molecular complexity index is 1140. The van der Waals surface area contributed by atoms with E-state index in [-0.39, 0.29) is 42.7 Å². The maximum atomic E-state index is 12.2. The van der Waals surface area contributed by atoms with Crippen LogP contribution < -0.4 is 15.0 Å². The lowest BCUT2D eigenvalue weighted by Gasteiger charge is -2.32. The Balaban J connectivity index is 1.57. The molecule has 1 N–H and O–H groups in total. The molecule has 1 fully saturated rings. The molecule has 8 nitrogen and oxygen atoms in total. The van der Waals surface area contributed by atoms with Gasteiger partial charge in [0.05, 0.1) is 19.2 Å². The summed E-state index contributed by atoms with van der Waals surface area (Å²) in [5.74, 6) is 0.795. The minimum absolute atomic E-state index is 0.0679. The van der Waals surface area contributed by atoms with E-state index in [4.69, 9.17) is 16.3 Å². The molecule has 2 aromatic carbocycles. The van der Waals surface area contributed by atoms with Crippen molar-refractivity contribution >= 4 is 35.3 Å². The van der Waals surface area contributed by atoms with Crippen LogP contribution in [0.3, 0.4) is 0 Å². The molecule has 0 saturated carbocycles. The highest BCUT2D eigenvalue weighted by Crippen LogP contribution is 2.41. The number of hydrogen-bond donors (Lipinski definition) is 1. The summed E-state index contributed by atoms with van der Waals surface area (Å²) in [6.07, 6.45) is 1.02. The van der Waals surface area contributed by atoms with Gasteiger partial charge in [0.25, 0.3) is 5.95 Å². The number of methoxy groups -OCH3 is 1. The highest BCUT2D eigenvalue weighted by Gasteiger charge is 2.37. The molecule has 2 atom stereocenters. The second kappa shape index (κ2) is 7.70. The van der Waals surface area contributed by atoms with Crippen LogP contribution in [0.2, 0.25) is 5.02 Å². The van der Waals surface area contributed by atoms with Gasteiger partial charge < -0.3 is 10.1 Å². The van der Waals surface area contributed by atoms with Crippen LogP contribution in [-0.2, 0) is 9.59 Å². The molecule has 3 aromatic rings. The molecule has 2 aliphatic heterocycles. The van der Waals surface area contributed by atoms with Crippen molar-refractivity contribution in [3.05, 3.63) is 64.7 Å². The summed E-state index contributed by atoms with van der Waals surface area (Å²) in [6, 6.07) is 15.1. The van der Waals surface area contributed by atoms with Crippen LogP contribution >= 0.6 is 11.6 Å². The van der Waals surface area contributed by atoms with E-state index in [0.717, 1.165) is 21.8 Å². The van der Waals surface area contributed by atoms with Gasteiger partial charge in [-0.15, -0.1) is 5.10 Å². The van der Waals surface area contributed by atoms with Gasteiger partial charge in [-0.1, -0.05) is 41.9 Å². The van der Waals surface area contributed by atoms with Crippen molar-refractivity contribution in [3.8, 4) is 5.75 Å². The topological polar surface area (TPSA) is 89.4 Å². The molecule has 0 bridgehead atoms. The van der Waals surface area contributed by atoms with Crippen molar-refractivity contribution in [3.63, 3.8) is 0 Å². The largest absolute Gasteiger partial charge is 0.497 e. The molecule has 9 heteroatoms. The van der Waals surface area contributed by atoms with Crippen molar-refractivity contribution < 1.29 is 14.3 Å². The van der Waals surface area contributed by atoms with Crippen LogP contribution in [0.4, 0.5) is 11.9 Å². The van der Waals surface area contributed by atoms with E-state index < -0.39 is 0 Å². The van der Waals surface area contributed by atoms with E-state index in [1.807, 2.05) is 48.5 Å². The van der Waals surface area contributed by atoms with E-state index in [0.29, 0.717) is 17.4 Å². The lowest BCUT2D eigenvalue weighted by molar-refractivity contribution is -0.121. The quantitative estimate of drug-likeness (QED) is 0.625. The number of amides is 2. The molecule has 0 aliphatic carbocycles. The fourth-order valence-corrected chi connectivity index (χ4v) is 4.38. The molecule has 1 saturated heterocycles. The smallest absolute Gasteiger partial charge is 0.260 e. The number of aromatic nitrogens is 3. The lowest BCUT2D eigenvalue weighted by atomic mass is 9.93. The first-order valence-electron chi connectivity index (χ1n) is 10.0. The normalized spacial score (nSPS) is 20.5. The number of nitrogens with zero attached hydrogens (tertiary/aromatic N) is 4. The summed E-state index contributed by atoms with van der Waals surface area (Å²) in [4.78, 5) is 30.0. The van der Waals surface area contributed by atoms with Gasteiger partial charge in [0, 0.05) is 17.9 Å². The molecule has 0 spiro atoms. The van der Waals surface area contributed by atoms with Crippen molar-refractivity contribution in [1.29, 1.82) is 0 Å². The maximum Gasteiger partial charge on any atom is 0.260 e. The molecule has 158 valence electrons. The van der Waals surface area contributed by atoms with Gasteiger partial charge in [0.2, 0.25) is 17.8 Å². The molecular formula is C22H20ClN5O3. The number of hydrogen-bond acceptors (Lipinski definition) is 6. The molecule has 2 aliphatic rings. The number of imide groups is 1. The third kappa shape index (κ3) is 3.42. The van der Waals surface area contributed by atoms with Gasteiger partial charge in [-0.2, -0.15) is 4.98 Å². The number of rotatable bonds is 4. The first-order chi connectivity index (χ1) is 15.0. The summed E-state index contributed by atoms with van der Waals surface area (Å²) in [6.45, 7) is 0. The number of ether oxygens (including phenoxy) is 1. The van der Waals surface area contributed by atoms with E-state index in [9.17, 15) is 9.59 Å². The molecule has 3 heterocycles. The maximum absolute atomic E-state index is 12.2. The van der Waals surface area contributed by atoms with Crippen LogP contribution in [0, 0.1) is 0 Å². The van der Waals surface area contributed by atoms with Crippen molar-refractivity contribution in [2.75, 3.05) is 17.3 Å². The summed E-state index contributed by atoms with van der Waals surface area (Å²) in [5, 5.41) is 8.56. The highest BCUT2D eigenvalue weighted by molar-refractivity contribution is 6.31. The predicted octanol–water partition coefficient (Wildman–Crippen LogP) is 3.74. The van der Waals surface area contributed by atoms with Gasteiger partial charge in [-0.3, -0.25) is 9.59 Å². The molecule has 0 radical (unpaired) electrons. The molecule has 0 unspecified atom stereocenters. The lowest BCUT2D eigenvalue weighted by Crippen LogP contribution is -2.30. The minimum Gasteiger partial charge on any atom is -0.497 e. The average Bonchev–Trinajstić information content (AvgIpc) is 3.35. The molecule has 1 aromatic heterocycles. The monoisotopic (exact) mass is 437 g/mol. The Morgan fingerprint density at radius 3 is 2.45 bits per heavy atom. The van der Waals surface area contributed by atoms with Crippen LogP contribution in [0.15, 0.2) is 48.5 Å². The van der Waals surface area contributed by atoms with Crippen molar-refractivity contribution in [2.24, 2.45) is 0 Å². The van der Waals surface area contributed by atoms with Gasteiger partial charge in [0.15, 0.2) is 0 Å². The molecular weight excluding hydrogens is 418 g/mol. The fraction of sp³-hybridized carbons (Fsp3) is 0.273. The van der Waals surface area contributed by atoms with Gasteiger partial charge in [0.1, 0.15) is 5.75 Å². The number of fused-ring (bicyclic) bond motifs is 1. The zero-order valence-corrected chi connectivity index (χ0v) is 17.5. The first kappa shape index (κ1) is 19.6. The van der Waals surface area contributed by atoms with Crippen molar-refractivity contribution in [2.45, 2.75) is 31.3 Å². The molecule has 31 heavy (non-hydrogen) atoms. The number of nitrogens with one attached hydrogen (secondary N) is 1. The van der Waals surface area contributed by atoms with E-state index in [1.54, 1.807) is 11.8 Å². The molecule has 2 amide bonds. The Kier molecular flexibility index (Phi) is 4.86. The van der Waals surface area contributed by atoms with Gasteiger partial charge in [-0.05, 0) is 35.7 Å². The van der Waals surface area contributed by atoms with Crippen molar-refractivity contribution in [1.82, 2.24) is 14.8 Å². The summed E-state index contributed by atoms with van der Waals surface area (Å²) >= 11 is 6.52. The SMILES string of the molecule is COc1ccc([C@H]2C[C@H](c3ccccc3Cl)n3nc(N4C(=O)CCC4=O)nc3N2)cc1. The number of carbonyl (C=O) groups excluding carboxylic acids is 2. The van der Waals surface area contributed by atoms with E-state index in [1.165, 1.54) is 0 Å². The van der Waals surface area contributed by atoms with Crippen LogP contribution in [0.1, 0.15) is 42.5 Å². The Morgan fingerprint density at radius 2 is 1.77 bits per heavy atom. The predicted molar refractivity (Wildman–Crippen MR) is 115 cm³/mol. The van der Waals surface area contributed by atoms with Gasteiger partial charge in [-0.25, -0.2) is 9.58 Å². The zero-order chi connectivity index (χ0) is 21.5. The van der Waals surface area contributed by atoms with E-state index in [2.05, 4.69) is 15.4 Å². The second-order valence-electron chi connectivity index (χ2n) is 7.55. The van der Waals surface area contributed by atoms with Crippen LogP contribution in [0.25, 0.3) is 0 Å². The van der Waals surface area contributed by atoms with Crippen LogP contribution in [0.5, 0.6) is 5.75 Å². The minimum atomic E-state index is -0.283. The fourth-order valence-electron chi connectivity index (χ4n) is 4.12. The first-order valence-corrected chi connectivity index (χ1v) is 10.4. The Labute approximate surface area is 183 Å². The summed E-state index contributed by atoms with van der Waals surface area (Å²) < 4.78 is 6.98. The summed E-state index contributed by atoms with van der Waals surface area (Å²) in [7, 11) is 1.63. The second-order valence-corrected chi connectivity index (χ2v) is 7.95. The Morgan fingerprint density at radius 1 is 1.06 bits per heavy atom. The number of carbonyl (C=O) groups is 2. The average molecular weight is 438 g/mol. The number of anilines is 2. The standard InChI is InChI=1S/C22H20ClN5O3/c1-31-14-8-6-13(7-9-14)17-12-18(15-4-2-3-5-16(15)23)28-21(24-17)25-22(26-28)27-19(29)10-11-20(27)30/h2-9,17-18H,10-12H2,1H3,(H,24,25,26)/t17-,18-/m1/s1. The number of benzene rings is 2. The van der Waals surface area contributed by atoms with Crippen LogP contribution in [-0.4, -0.2) is 33.7 Å². The third-order valence-corrected chi connectivity index (χ3v) is 6.06. The third-order valence-electron chi connectivity index (χ3n) is 5.71. The van der Waals surface area contributed by atoms with Gasteiger partial charge >= 0.3 is 0 Å². The van der Waals surface area contributed by atoms with E-state index >= 15 is 0 Å².